The number of aryl methyl sites for hydroxylation is 1. The SMILES string of the molecule is CCOC(=O)CNC(=O)c1sc2ncn(CC(=O)N3CCC(C)CC3)c(=O)c2c1C. The monoisotopic (exact) mass is 434 g/mol. The molecule has 9 nitrogen and oxygen atoms in total. The number of carbonyl (C=O) groups excluding carboxylic acids is 3. The highest BCUT2D eigenvalue weighted by molar-refractivity contribution is 7.20. The van der Waals surface area contributed by atoms with Gasteiger partial charge in [0.15, 0.2) is 0 Å². The topological polar surface area (TPSA) is 111 Å². The van der Waals surface area contributed by atoms with Gasteiger partial charge in [0.2, 0.25) is 5.91 Å². The molecule has 10 heteroatoms. The van der Waals surface area contributed by atoms with Gasteiger partial charge >= 0.3 is 5.97 Å². The second kappa shape index (κ2) is 9.38. The highest BCUT2D eigenvalue weighted by Crippen LogP contribution is 2.26. The lowest BCUT2D eigenvalue weighted by Gasteiger charge is -2.30. The van der Waals surface area contributed by atoms with E-state index in [0.717, 1.165) is 24.2 Å². The summed E-state index contributed by atoms with van der Waals surface area (Å²) in [5, 5.41) is 2.82. The molecule has 0 spiro atoms. The zero-order valence-electron chi connectivity index (χ0n) is 17.4. The van der Waals surface area contributed by atoms with Crippen molar-refractivity contribution < 1.29 is 19.1 Å². The number of nitrogens with one attached hydrogen (secondary N) is 1. The zero-order valence-corrected chi connectivity index (χ0v) is 18.2. The van der Waals surface area contributed by atoms with Gasteiger partial charge in [-0.1, -0.05) is 6.92 Å². The van der Waals surface area contributed by atoms with Crippen LogP contribution in [0.2, 0.25) is 0 Å². The smallest absolute Gasteiger partial charge is 0.325 e. The molecule has 3 heterocycles. The summed E-state index contributed by atoms with van der Waals surface area (Å²) in [5.41, 5.74) is 0.138. The number of ether oxygens (including phenoxy) is 1. The lowest BCUT2D eigenvalue weighted by atomic mass is 9.99. The molecular weight excluding hydrogens is 408 g/mol. The van der Waals surface area contributed by atoms with Gasteiger partial charge in [0.1, 0.15) is 17.9 Å². The fraction of sp³-hybridized carbons (Fsp3) is 0.550. The Morgan fingerprint density at radius 2 is 2.00 bits per heavy atom. The third-order valence-corrected chi connectivity index (χ3v) is 6.46. The molecule has 3 rings (SSSR count). The van der Waals surface area contributed by atoms with Crippen LogP contribution in [0, 0.1) is 12.8 Å². The molecule has 1 fully saturated rings. The van der Waals surface area contributed by atoms with Crippen LogP contribution >= 0.6 is 11.3 Å². The summed E-state index contributed by atoms with van der Waals surface area (Å²) in [4.78, 5) is 56.3. The number of rotatable bonds is 6. The van der Waals surface area contributed by atoms with Crippen molar-refractivity contribution >= 4 is 39.3 Å². The van der Waals surface area contributed by atoms with Gasteiger partial charge in [-0.15, -0.1) is 11.3 Å². The highest BCUT2D eigenvalue weighted by atomic mass is 32.1. The number of hydrogen-bond acceptors (Lipinski definition) is 7. The number of aromatic nitrogens is 2. The number of likely N-dealkylation sites (tertiary alicyclic amines) is 1. The van der Waals surface area contributed by atoms with E-state index < -0.39 is 11.9 Å². The van der Waals surface area contributed by atoms with Gasteiger partial charge in [-0.05, 0) is 38.2 Å². The fourth-order valence-corrected chi connectivity index (χ4v) is 4.49. The third kappa shape index (κ3) is 4.69. The number of thiophene rings is 1. The molecule has 0 aromatic carbocycles. The van der Waals surface area contributed by atoms with Crippen LogP contribution in [0.25, 0.3) is 10.2 Å². The summed E-state index contributed by atoms with van der Waals surface area (Å²) in [5.74, 6) is -0.495. The Morgan fingerprint density at radius 1 is 1.30 bits per heavy atom. The molecule has 1 saturated heterocycles. The molecule has 1 aliphatic rings. The van der Waals surface area contributed by atoms with Crippen LogP contribution in [0.3, 0.4) is 0 Å². The number of piperidine rings is 1. The maximum atomic E-state index is 13.0. The number of amides is 2. The maximum Gasteiger partial charge on any atom is 0.325 e. The Hall–Kier alpha value is -2.75. The van der Waals surface area contributed by atoms with Crippen LogP contribution in [0.5, 0.6) is 0 Å². The van der Waals surface area contributed by atoms with Gasteiger partial charge in [0, 0.05) is 13.1 Å². The lowest BCUT2D eigenvalue weighted by molar-refractivity contribution is -0.141. The molecule has 0 bridgehead atoms. The summed E-state index contributed by atoms with van der Waals surface area (Å²) in [6.45, 7) is 6.83. The van der Waals surface area contributed by atoms with E-state index >= 15 is 0 Å². The number of fused-ring (bicyclic) bond motifs is 1. The Labute approximate surface area is 178 Å². The van der Waals surface area contributed by atoms with Crippen molar-refractivity contribution in [2.45, 2.75) is 40.2 Å². The normalized spacial score (nSPS) is 14.7. The van der Waals surface area contributed by atoms with Crippen LogP contribution in [0.4, 0.5) is 0 Å². The summed E-state index contributed by atoms with van der Waals surface area (Å²) >= 11 is 1.08. The third-order valence-electron chi connectivity index (χ3n) is 5.26. The Bertz CT molecular complexity index is 1020. The first-order valence-corrected chi connectivity index (χ1v) is 10.8. The van der Waals surface area contributed by atoms with Crippen molar-refractivity contribution in [3.8, 4) is 0 Å². The Morgan fingerprint density at radius 3 is 2.67 bits per heavy atom. The standard InChI is InChI=1S/C20H26N4O5S/c1-4-29-15(26)9-21-18(27)17-13(3)16-19(30-17)22-11-24(20(16)28)10-14(25)23-7-5-12(2)6-8-23/h11-12H,4-10H2,1-3H3,(H,21,27). The van der Waals surface area contributed by atoms with Crippen molar-refractivity contribution in [2.75, 3.05) is 26.2 Å². The minimum atomic E-state index is -0.532. The first-order valence-electron chi connectivity index (χ1n) is 10.0. The molecule has 2 aromatic rings. The van der Waals surface area contributed by atoms with Crippen LogP contribution < -0.4 is 10.9 Å². The van der Waals surface area contributed by atoms with E-state index in [1.54, 1.807) is 18.7 Å². The number of hydrogen-bond donors (Lipinski definition) is 1. The van der Waals surface area contributed by atoms with Crippen LogP contribution in [0.1, 0.15) is 41.9 Å². The van der Waals surface area contributed by atoms with Crippen molar-refractivity contribution in [1.82, 2.24) is 19.8 Å². The highest BCUT2D eigenvalue weighted by Gasteiger charge is 2.23. The molecule has 1 aliphatic heterocycles. The minimum absolute atomic E-state index is 0.0736. The first-order chi connectivity index (χ1) is 14.3. The first kappa shape index (κ1) is 21.9. The summed E-state index contributed by atoms with van der Waals surface area (Å²) < 4.78 is 6.09. The average molecular weight is 435 g/mol. The second-order valence-electron chi connectivity index (χ2n) is 7.46. The second-order valence-corrected chi connectivity index (χ2v) is 8.46. The Balaban J connectivity index is 1.78. The molecule has 0 saturated carbocycles. The van der Waals surface area contributed by atoms with Gasteiger partial charge in [0.25, 0.3) is 11.5 Å². The Kier molecular flexibility index (Phi) is 6.86. The van der Waals surface area contributed by atoms with E-state index in [0.29, 0.717) is 39.7 Å². The molecule has 0 unspecified atom stereocenters. The number of esters is 1. The molecule has 0 radical (unpaired) electrons. The van der Waals surface area contributed by atoms with Crippen molar-refractivity contribution in [2.24, 2.45) is 5.92 Å². The van der Waals surface area contributed by atoms with Crippen molar-refractivity contribution in [3.05, 3.63) is 27.1 Å². The van der Waals surface area contributed by atoms with Crippen LogP contribution in [-0.2, 0) is 20.9 Å². The van der Waals surface area contributed by atoms with Gasteiger partial charge in [-0.2, -0.15) is 0 Å². The molecular formula is C20H26N4O5S. The molecule has 0 atom stereocenters. The average Bonchev–Trinajstić information content (AvgIpc) is 3.06. The van der Waals surface area contributed by atoms with Crippen LogP contribution in [0.15, 0.2) is 11.1 Å². The predicted molar refractivity (Wildman–Crippen MR) is 113 cm³/mol. The molecule has 1 N–H and O–H groups in total. The van der Waals surface area contributed by atoms with E-state index in [2.05, 4.69) is 17.2 Å². The van der Waals surface area contributed by atoms with E-state index in [9.17, 15) is 19.2 Å². The van der Waals surface area contributed by atoms with Crippen molar-refractivity contribution in [3.63, 3.8) is 0 Å². The fourth-order valence-electron chi connectivity index (χ4n) is 3.44. The van der Waals surface area contributed by atoms with Crippen LogP contribution in [-0.4, -0.2) is 58.5 Å². The lowest BCUT2D eigenvalue weighted by Crippen LogP contribution is -2.41. The van der Waals surface area contributed by atoms with E-state index in [1.165, 1.54) is 10.9 Å². The van der Waals surface area contributed by atoms with E-state index in [4.69, 9.17) is 4.74 Å². The molecule has 2 amide bonds. The molecule has 0 aliphatic carbocycles. The number of carbonyl (C=O) groups is 3. The quantitative estimate of drug-likeness (QED) is 0.687. The minimum Gasteiger partial charge on any atom is -0.465 e. The maximum absolute atomic E-state index is 13.0. The van der Waals surface area contributed by atoms with E-state index in [1.807, 2.05) is 0 Å². The van der Waals surface area contributed by atoms with Gasteiger partial charge in [0.05, 0.1) is 23.2 Å². The summed E-state index contributed by atoms with van der Waals surface area (Å²) in [6, 6.07) is 0. The number of nitrogens with zero attached hydrogens (tertiary/aromatic N) is 3. The van der Waals surface area contributed by atoms with Crippen molar-refractivity contribution in [1.29, 1.82) is 0 Å². The summed E-state index contributed by atoms with van der Waals surface area (Å²) in [6.07, 6.45) is 3.28. The van der Waals surface area contributed by atoms with Gasteiger partial charge < -0.3 is 15.0 Å². The summed E-state index contributed by atoms with van der Waals surface area (Å²) in [7, 11) is 0. The largest absolute Gasteiger partial charge is 0.465 e. The molecule has 30 heavy (non-hydrogen) atoms. The van der Waals surface area contributed by atoms with Gasteiger partial charge in [-0.3, -0.25) is 23.7 Å². The predicted octanol–water partition coefficient (Wildman–Crippen LogP) is 1.32. The zero-order chi connectivity index (χ0) is 21.8. The molecule has 2 aromatic heterocycles. The molecule has 162 valence electrons. The van der Waals surface area contributed by atoms with E-state index in [-0.39, 0.29) is 31.2 Å². The van der Waals surface area contributed by atoms with Gasteiger partial charge in [-0.25, -0.2) is 4.98 Å².